The monoisotopic (exact) mass is 487 g/mol. The number of allylic oxidation sites excluding steroid dienone is 2. The van der Waals surface area contributed by atoms with Crippen LogP contribution < -0.4 is 10.3 Å². The fraction of sp³-hybridized carbons (Fsp3) is 0.0385. The van der Waals surface area contributed by atoms with Crippen molar-refractivity contribution in [1.82, 2.24) is 9.55 Å². The third-order valence-corrected chi connectivity index (χ3v) is 5.40. The topological polar surface area (TPSA) is 104 Å². The molecule has 0 spiro atoms. The zero-order valence-corrected chi connectivity index (χ0v) is 19.0. The molecule has 0 aliphatic heterocycles. The lowest BCUT2D eigenvalue weighted by molar-refractivity contribution is -0.384. The van der Waals surface area contributed by atoms with Crippen molar-refractivity contribution in [3.05, 3.63) is 122 Å². The lowest BCUT2D eigenvalue weighted by Gasteiger charge is -2.11. The van der Waals surface area contributed by atoms with Gasteiger partial charge in [-0.2, -0.15) is 0 Å². The number of benzene rings is 3. The number of non-ortho nitro benzene ring substituents is 1. The van der Waals surface area contributed by atoms with E-state index in [1.165, 1.54) is 47.3 Å². The summed E-state index contributed by atoms with van der Waals surface area (Å²) < 4.78 is 7.19. The van der Waals surface area contributed by atoms with Crippen LogP contribution in [0.5, 0.6) is 5.75 Å². The lowest BCUT2D eigenvalue weighted by atomic mass is 10.1. The zero-order valence-electron chi connectivity index (χ0n) is 18.2. The summed E-state index contributed by atoms with van der Waals surface area (Å²) in [6.45, 7) is -0.0549. The van der Waals surface area contributed by atoms with Gasteiger partial charge in [-0.1, -0.05) is 41.9 Å². The predicted molar refractivity (Wildman–Crippen MR) is 134 cm³/mol. The first kappa shape index (κ1) is 23.6. The third kappa shape index (κ3) is 5.69. The number of hydrogen-bond donors (Lipinski definition) is 0. The van der Waals surface area contributed by atoms with Gasteiger partial charge in [-0.05, 0) is 54.1 Å². The highest BCUT2D eigenvalue weighted by atomic mass is 35.5. The SMILES string of the molecule is O=C(/C=C/c1cc([N+](=O)[O-])ccc1Cl)/C=C/c1ccccc1OCn1cnc2ccccc2c1=O. The van der Waals surface area contributed by atoms with E-state index in [2.05, 4.69) is 4.98 Å². The number of ketones is 1. The van der Waals surface area contributed by atoms with Crippen molar-refractivity contribution in [3.63, 3.8) is 0 Å². The van der Waals surface area contributed by atoms with Crippen LogP contribution in [0.2, 0.25) is 5.02 Å². The molecule has 0 unspecified atom stereocenters. The Bertz CT molecular complexity index is 1540. The number of nitro benzene ring substituents is 1. The number of halogens is 1. The molecule has 0 bridgehead atoms. The molecule has 0 atom stereocenters. The molecule has 9 heteroatoms. The maximum absolute atomic E-state index is 12.7. The van der Waals surface area contributed by atoms with E-state index in [4.69, 9.17) is 16.3 Å². The molecule has 3 aromatic carbocycles. The molecular formula is C26H18ClN3O5. The zero-order chi connectivity index (χ0) is 24.8. The van der Waals surface area contributed by atoms with Crippen molar-refractivity contribution in [3.8, 4) is 5.75 Å². The maximum Gasteiger partial charge on any atom is 0.270 e. The Balaban J connectivity index is 1.47. The first-order valence-corrected chi connectivity index (χ1v) is 10.8. The first-order valence-electron chi connectivity index (χ1n) is 10.4. The average Bonchev–Trinajstić information content (AvgIpc) is 2.87. The van der Waals surface area contributed by atoms with Crippen LogP contribution in [0.4, 0.5) is 5.69 Å². The van der Waals surface area contributed by atoms with Crippen LogP contribution in [0.15, 0.2) is 90.0 Å². The highest BCUT2D eigenvalue weighted by Gasteiger charge is 2.08. The maximum atomic E-state index is 12.7. The molecule has 4 aromatic rings. The van der Waals surface area contributed by atoms with E-state index >= 15 is 0 Å². The van der Waals surface area contributed by atoms with Gasteiger partial charge in [0.2, 0.25) is 0 Å². The van der Waals surface area contributed by atoms with Gasteiger partial charge in [0.15, 0.2) is 12.5 Å². The number of fused-ring (bicyclic) bond motifs is 1. The molecule has 0 saturated carbocycles. The molecule has 174 valence electrons. The fourth-order valence-corrected chi connectivity index (χ4v) is 3.44. The molecule has 1 heterocycles. The summed E-state index contributed by atoms with van der Waals surface area (Å²) in [7, 11) is 0. The fourth-order valence-electron chi connectivity index (χ4n) is 3.26. The molecule has 0 aliphatic carbocycles. The second-order valence-electron chi connectivity index (χ2n) is 7.38. The van der Waals surface area contributed by atoms with Crippen LogP contribution in [0, 0.1) is 10.1 Å². The Morgan fingerprint density at radius 3 is 2.54 bits per heavy atom. The van der Waals surface area contributed by atoms with Crippen LogP contribution in [-0.2, 0) is 11.5 Å². The van der Waals surface area contributed by atoms with E-state index in [0.717, 1.165) is 0 Å². The minimum atomic E-state index is -0.533. The summed E-state index contributed by atoms with van der Waals surface area (Å²) in [5.41, 5.74) is 1.26. The first-order chi connectivity index (χ1) is 16.9. The van der Waals surface area contributed by atoms with Crippen LogP contribution in [0.25, 0.3) is 23.1 Å². The van der Waals surface area contributed by atoms with Crippen LogP contribution in [0.1, 0.15) is 11.1 Å². The number of carbonyl (C=O) groups excluding carboxylic acids is 1. The number of aromatic nitrogens is 2. The van der Waals surface area contributed by atoms with E-state index in [0.29, 0.717) is 32.8 Å². The number of nitrogens with zero attached hydrogens (tertiary/aromatic N) is 3. The van der Waals surface area contributed by atoms with Crippen molar-refractivity contribution >= 4 is 46.1 Å². The minimum absolute atomic E-state index is 0.0549. The number of para-hydroxylation sites is 2. The van der Waals surface area contributed by atoms with E-state index in [1.807, 2.05) is 6.07 Å². The van der Waals surface area contributed by atoms with Gasteiger partial charge in [0.1, 0.15) is 12.1 Å². The van der Waals surface area contributed by atoms with Gasteiger partial charge in [-0.15, -0.1) is 0 Å². The van der Waals surface area contributed by atoms with Gasteiger partial charge in [-0.3, -0.25) is 24.3 Å². The number of carbonyl (C=O) groups is 1. The minimum Gasteiger partial charge on any atom is -0.472 e. The molecule has 35 heavy (non-hydrogen) atoms. The highest BCUT2D eigenvalue weighted by molar-refractivity contribution is 6.32. The molecule has 0 amide bonds. The Labute approximate surface area is 204 Å². The Kier molecular flexibility index (Phi) is 7.13. The Morgan fingerprint density at radius 2 is 1.74 bits per heavy atom. The molecule has 0 radical (unpaired) electrons. The quantitative estimate of drug-likeness (QED) is 0.190. The summed E-state index contributed by atoms with van der Waals surface area (Å²) in [4.78, 5) is 39.7. The molecule has 4 rings (SSSR count). The summed E-state index contributed by atoms with van der Waals surface area (Å²) in [6.07, 6.45) is 7.04. The van der Waals surface area contributed by atoms with Gasteiger partial charge < -0.3 is 4.74 Å². The van der Waals surface area contributed by atoms with Crippen LogP contribution in [0.3, 0.4) is 0 Å². The average molecular weight is 488 g/mol. The summed E-state index contributed by atoms with van der Waals surface area (Å²) in [5.74, 6) is 0.125. The van der Waals surface area contributed by atoms with Gasteiger partial charge in [0.25, 0.3) is 11.2 Å². The third-order valence-electron chi connectivity index (χ3n) is 5.05. The molecule has 0 saturated heterocycles. The largest absolute Gasteiger partial charge is 0.472 e. The van der Waals surface area contributed by atoms with Gasteiger partial charge in [0.05, 0.1) is 15.8 Å². The second-order valence-corrected chi connectivity index (χ2v) is 7.79. The van der Waals surface area contributed by atoms with Crippen LogP contribution in [-0.4, -0.2) is 20.3 Å². The van der Waals surface area contributed by atoms with Crippen molar-refractivity contribution in [2.75, 3.05) is 0 Å². The van der Waals surface area contributed by atoms with E-state index in [9.17, 15) is 19.7 Å². The highest BCUT2D eigenvalue weighted by Crippen LogP contribution is 2.23. The Morgan fingerprint density at radius 1 is 1.03 bits per heavy atom. The molecule has 0 aliphatic rings. The van der Waals surface area contributed by atoms with Crippen molar-refractivity contribution in [2.45, 2.75) is 6.73 Å². The predicted octanol–water partition coefficient (Wildman–Crippen LogP) is 5.29. The smallest absolute Gasteiger partial charge is 0.270 e. The van der Waals surface area contributed by atoms with Crippen molar-refractivity contribution in [2.24, 2.45) is 0 Å². The normalized spacial score (nSPS) is 11.3. The number of rotatable bonds is 8. The van der Waals surface area contributed by atoms with E-state index in [1.54, 1.807) is 48.5 Å². The summed E-state index contributed by atoms with van der Waals surface area (Å²) in [5, 5.41) is 11.7. The molecule has 8 nitrogen and oxygen atoms in total. The van der Waals surface area contributed by atoms with Gasteiger partial charge in [-0.25, -0.2) is 4.98 Å². The van der Waals surface area contributed by atoms with Gasteiger partial charge >= 0.3 is 0 Å². The lowest BCUT2D eigenvalue weighted by Crippen LogP contribution is -2.23. The summed E-state index contributed by atoms with van der Waals surface area (Å²) in [6, 6.07) is 18.1. The van der Waals surface area contributed by atoms with Crippen molar-refractivity contribution < 1.29 is 14.5 Å². The molecule has 0 fully saturated rings. The molecule has 1 aromatic heterocycles. The van der Waals surface area contributed by atoms with E-state index in [-0.39, 0.29) is 23.8 Å². The van der Waals surface area contributed by atoms with Crippen molar-refractivity contribution in [1.29, 1.82) is 0 Å². The van der Waals surface area contributed by atoms with Gasteiger partial charge in [0, 0.05) is 22.7 Å². The number of hydrogen-bond acceptors (Lipinski definition) is 6. The molecule has 0 N–H and O–H groups in total. The van der Waals surface area contributed by atoms with Crippen LogP contribution >= 0.6 is 11.6 Å². The standard InChI is InChI=1S/C26H18ClN3O5/c27-23-14-11-20(30(33)34)15-19(23)10-13-21(31)12-9-18-5-1-4-8-25(18)35-17-29-16-28-24-7-3-2-6-22(24)26(29)32/h1-16H,17H2/b12-9+,13-10+. The second kappa shape index (κ2) is 10.6. The molecular weight excluding hydrogens is 470 g/mol. The summed E-state index contributed by atoms with van der Waals surface area (Å²) >= 11 is 6.06. The van der Waals surface area contributed by atoms with E-state index < -0.39 is 4.92 Å². The Hall–Kier alpha value is -4.56. The number of nitro groups is 1. The number of ether oxygens (including phenoxy) is 1.